The first-order valence-corrected chi connectivity index (χ1v) is 4.15. The molecule has 0 spiro atoms. The molecular weight excluding hydrogens is 152 g/mol. The summed E-state index contributed by atoms with van der Waals surface area (Å²) in [5.74, 6) is 0.964. The highest BCUT2D eigenvalue weighted by Gasteiger charge is 2.01. The number of nitrogens with two attached hydrogens (primary N) is 1. The van der Waals surface area contributed by atoms with Gasteiger partial charge in [0.05, 0.1) is 6.26 Å². The van der Waals surface area contributed by atoms with Gasteiger partial charge in [0, 0.05) is 25.2 Å². The van der Waals surface area contributed by atoms with Crippen LogP contribution < -0.4 is 5.73 Å². The Bertz CT molecular complexity index is 232. The minimum absolute atomic E-state index is 0.702. The third-order valence-corrected chi connectivity index (χ3v) is 1.75. The zero-order chi connectivity index (χ0) is 8.97. The van der Waals surface area contributed by atoms with E-state index in [0.717, 1.165) is 18.8 Å². The van der Waals surface area contributed by atoms with Gasteiger partial charge in [0.1, 0.15) is 5.76 Å². The van der Waals surface area contributed by atoms with Crippen molar-refractivity contribution in [2.45, 2.75) is 13.5 Å². The van der Waals surface area contributed by atoms with Crippen molar-refractivity contribution in [3.05, 3.63) is 23.7 Å². The average Bonchev–Trinajstić information content (AvgIpc) is 2.36. The number of hydrogen-bond acceptors (Lipinski definition) is 3. The van der Waals surface area contributed by atoms with Crippen molar-refractivity contribution in [2.75, 3.05) is 20.1 Å². The summed E-state index contributed by atoms with van der Waals surface area (Å²) in [6, 6.07) is 2.05. The molecule has 68 valence electrons. The van der Waals surface area contributed by atoms with Crippen LogP contribution in [0.25, 0.3) is 0 Å². The fraction of sp³-hybridized carbons (Fsp3) is 0.556. The Kier molecular flexibility index (Phi) is 3.31. The maximum absolute atomic E-state index is 5.42. The Morgan fingerprint density at radius 1 is 1.58 bits per heavy atom. The highest BCUT2D eigenvalue weighted by Crippen LogP contribution is 2.07. The first-order valence-electron chi connectivity index (χ1n) is 4.15. The van der Waals surface area contributed by atoms with E-state index >= 15 is 0 Å². The normalized spacial score (nSPS) is 11.0. The van der Waals surface area contributed by atoms with Crippen LogP contribution in [0.5, 0.6) is 0 Å². The Morgan fingerprint density at radius 3 is 2.83 bits per heavy atom. The van der Waals surface area contributed by atoms with E-state index < -0.39 is 0 Å². The molecule has 3 nitrogen and oxygen atoms in total. The summed E-state index contributed by atoms with van der Waals surface area (Å²) in [7, 11) is 2.05. The predicted octanol–water partition coefficient (Wildman–Crippen LogP) is 0.979. The minimum atomic E-state index is 0.702. The largest absolute Gasteiger partial charge is 0.469 e. The maximum Gasteiger partial charge on any atom is 0.101 e. The van der Waals surface area contributed by atoms with E-state index in [2.05, 4.69) is 11.9 Å². The topological polar surface area (TPSA) is 42.4 Å². The second-order valence-electron chi connectivity index (χ2n) is 3.09. The average molecular weight is 168 g/mol. The second kappa shape index (κ2) is 4.28. The molecule has 0 unspecified atom stereocenters. The molecular formula is C9H16N2O. The fourth-order valence-corrected chi connectivity index (χ4v) is 1.19. The van der Waals surface area contributed by atoms with Gasteiger partial charge < -0.3 is 15.1 Å². The van der Waals surface area contributed by atoms with E-state index in [1.54, 1.807) is 6.26 Å². The van der Waals surface area contributed by atoms with Crippen LogP contribution in [0.4, 0.5) is 0 Å². The van der Waals surface area contributed by atoms with Crippen LogP contribution >= 0.6 is 0 Å². The quantitative estimate of drug-likeness (QED) is 0.728. The van der Waals surface area contributed by atoms with Crippen LogP contribution in [-0.4, -0.2) is 25.0 Å². The van der Waals surface area contributed by atoms with Gasteiger partial charge in [-0.3, -0.25) is 0 Å². The summed E-state index contributed by atoms with van der Waals surface area (Å²) < 4.78 is 5.19. The number of likely N-dealkylation sites (N-methyl/N-ethyl adjacent to an activating group) is 1. The number of hydrogen-bond donors (Lipinski definition) is 1. The van der Waals surface area contributed by atoms with Gasteiger partial charge in [0.2, 0.25) is 0 Å². The Labute approximate surface area is 73.2 Å². The van der Waals surface area contributed by atoms with E-state index in [1.807, 2.05) is 13.0 Å². The Balaban J connectivity index is 2.41. The molecule has 12 heavy (non-hydrogen) atoms. The van der Waals surface area contributed by atoms with E-state index in [1.165, 1.54) is 5.56 Å². The second-order valence-corrected chi connectivity index (χ2v) is 3.09. The van der Waals surface area contributed by atoms with Gasteiger partial charge in [0.15, 0.2) is 0 Å². The standard InChI is InChI=1S/C9H16N2O/c1-8-5-9(7-12-8)6-11(2)4-3-10/h5,7H,3-4,6,10H2,1-2H3. The molecule has 1 heterocycles. The smallest absolute Gasteiger partial charge is 0.101 e. The minimum Gasteiger partial charge on any atom is -0.469 e. The molecule has 1 aromatic heterocycles. The van der Waals surface area contributed by atoms with Crippen molar-refractivity contribution in [1.82, 2.24) is 4.90 Å². The fourth-order valence-electron chi connectivity index (χ4n) is 1.19. The summed E-state index contributed by atoms with van der Waals surface area (Å²) in [6.45, 7) is 4.48. The van der Waals surface area contributed by atoms with E-state index in [-0.39, 0.29) is 0 Å². The molecule has 2 N–H and O–H groups in total. The molecule has 1 rings (SSSR count). The molecule has 1 aromatic rings. The van der Waals surface area contributed by atoms with Gasteiger partial charge in [-0.05, 0) is 20.0 Å². The van der Waals surface area contributed by atoms with Crippen molar-refractivity contribution in [1.29, 1.82) is 0 Å². The number of rotatable bonds is 4. The van der Waals surface area contributed by atoms with Crippen molar-refractivity contribution >= 4 is 0 Å². The molecule has 0 fully saturated rings. The lowest BCUT2D eigenvalue weighted by atomic mass is 10.3. The molecule has 0 aliphatic rings. The molecule has 0 amide bonds. The third-order valence-electron chi connectivity index (χ3n) is 1.75. The predicted molar refractivity (Wildman–Crippen MR) is 48.8 cm³/mol. The SMILES string of the molecule is Cc1cc(CN(C)CCN)co1. The zero-order valence-electron chi connectivity index (χ0n) is 7.71. The lowest BCUT2D eigenvalue weighted by Crippen LogP contribution is -2.24. The van der Waals surface area contributed by atoms with Crippen LogP contribution in [0.1, 0.15) is 11.3 Å². The number of furan rings is 1. The summed E-state index contributed by atoms with van der Waals surface area (Å²) in [4.78, 5) is 2.17. The third kappa shape index (κ3) is 2.68. The summed E-state index contributed by atoms with van der Waals surface area (Å²) in [5, 5.41) is 0. The summed E-state index contributed by atoms with van der Waals surface area (Å²) >= 11 is 0. The molecule has 0 aliphatic carbocycles. The van der Waals surface area contributed by atoms with Crippen LogP contribution in [0.3, 0.4) is 0 Å². The highest BCUT2D eigenvalue weighted by molar-refractivity contribution is 5.11. The van der Waals surface area contributed by atoms with Crippen LogP contribution in [-0.2, 0) is 6.54 Å². The Morgan fingerprint density at radius 2 is 2.33 bits per heavy atom. The van der Waals surface area contributed by atoms with E-state index in [4.69, 9.17) is 10.2 Å². The van der Waals surface area contributed by atoms with Gasteiger partial charge in [0.25, 0.3) is 0 Å². The van der Waals surface area contributed by atoms with Crippen molar-refractivity contribution in [2.24, 2.45) is 5.73 Å². The van der Waals surface area contributed by atoms with Crippen LogP contribution in [0.15, 0.2) is 16.7 Å². The number of aryl methyl sites for hydroxylation is 1. The molecule has 0 aromatic carbocycles. The lowest BCUT2D eigenvalue weighted by Gasteiger charge is -2.13. The molecule has 0 aliphatic heterocycles. The highest BCUT2D eigenvalue weighted by atomic mass is 16.3. The molecule has 0 saturated heterocycles. The van der Waals surface area contributed by atoms with Crippen molar-refractivity contribution in [3.63, 3.8) is 0 Å². The molecule has 0 bridgehead atoms. The first-order chi connectivity index (χ1) is 5.72. The molecule has 0 saturated carbocycles. The van der Waals surface area contributed by atoms with Gasteiger partial charge in [-0.15, -0.1) is 0 Å². The summed E-state index contributed by atoms with van der Waals surface area (Å²) in [5.41, 5.74) is 6.63. The van der Waals surface area contributed by atoms with Gasteiger partial charge in [-0.25, -0.2) is 0 Å². The maximum atomic E-state index is 5.42. The summed E-state index contributed by atoms with van der Waals surface area (Å²) in [6.07, 6.45) is 1.79. The number of nitrogens with zero attached hydrogens (tertiary/aromatic N) is 1. The monoisotopic (exact) mass is 168 g/mol. The molecule has 0 atom stereocenters. The van der Waals surface area contributed by atoms with Gasteiger partial charge >= 0.3 is 0 Å². The van der Waals surface area contributed by atoms with Crippen molar-refractivity contribution < 1.29 is 4.42 Å². The van der Waals surface area contributed by atoms with Gasteiger partial charge in [-0.2, -0.15) is 0 Å². The van der Waals surface area contributed by atoms with Gasteiger partial charge in [-0.1, -0.05) is 0 Å². The van der Waals surface area contributed by atoms with Crippen LogP contribution in [0.2, 0.25) is 0 Å². The molecule has 3 heteroatoms. The Hall–Kier alpha value is -0.800. The zero-order valence-corrected chi connectivity index (χ0v) is 7.71. The van der Waals surface area contributed by atoms with Crippen molar-refractivity contribution in [3.8, 4) is 0 Å². The van der Waals surface area contributed by atoms with E-state index in [9.17, 15) is 0 Å². The van der Waals surface area contributed by atoms with E-state index in [0.29, 0.717) is 6.54 Å². The molecule has 0 radical (unpaired) electrons. The van der Waals surface area contributed by atoms with Crippen LogP contribution in [0, 0.1) is 6.92 Å². The first kappa shape index (κ1) is 9.29. The lowest BCUT2D eigenvalue weighted by molar-refractivity contribution is 0.335.